The molecule has 0 saturated heterocycles. The number of nitrogens with one attached hydrogen (secondary N) is 1. The number of hydrogen-bond donors (Lipinski definition) is 1. The molecule has 0 aliphatic carbocycles. The number of amides is 1. The number of hydrogen-bond acceptors (Lipinski definition) is 2. The first-order valence-corrected chi connectivity index (χ1v) is 7.63. The topological polar surface area (TPSA) is 46.9 Å². The molecule has 1 heterocycles. The summed E-state index contributed by atoms with van der Waals surface area (Å²) in [6.45, 7) is 3.76. The number of aryl methyl sites for hydroxylation is 2. The standard InChI is InChI=1S/C16H17ClF3N3O/c1-9-12(10(2)23(3)22-9)5-7-15(24)21-11-4-6-14(17)13(8-11)16(18,19)20/h4,6,8H,5,7H2,1-3H3,(H,21,24). The van der Waals surface area contributed by atoms with Crippen molar-refractivity contribution in [2.75, 3.05) is 5.32 Å². The summed E-state index contributed by atoms with van der Waals surface area (Å²) in [6.07, 6.45) is -3.95. The molecule has 0 bridgehead atoms. The maximum atomic E-state index is 12.8. The van der Waals surface area contributed by atoms with E-state index in [-0.39, 0.29) is 18.0 Å². The Morgan fingerprint density at radius 3 is 2.54 bits per heavy atom. The van der Waals surface area contributed by atoms with Crippen molar-refractivity contribution < 1.29 is 18.0 Å². The second kappa shape index (κ2) is 6.84. The van der Waals surface area contributed by atoms with Gasteiger partial charge in [0.2, 0.25) is 5.91 Å². The van der Waals surface area contributed by atoms with Gasteiger partial charge >= 0.3 is 6.18 Å². The molecule has 1 amide bonds. The zero-order valence-corrected chi connectivity index (χ0v) is 14.2. The summed E-state index contributed by atoms with van der Waals surface area (Å²) in [6, 6.07) is 3.30. The lowest BCUT2D eigenvalue weighted by Gasteiger charge is -2.12. The number of anilines is 1. The average molecular weight is 360 g/mol. The monoisotopic (exact) mass is 359 g/mol. The summed E-state index contributed by atoms with van der Waals surface area (Å²) in [5.74, 6) is -0.367. The van der Waals surface area contributed by atoms with E-state index in [9.17, 15) is 18.0 Å². The molecule has 130 valence electrons. The lowest BCUT2D eigenvalue weighted by atomic mass is 10.1. The number of benzene rings is 1. The molecule has 4 nitrogen and oxygen atoms in total. The van der Waals surface area contributed by atoms with Gasteiger partial charge in [-0.25, -0.2) is 0 Å². The van der Waals surface area contributed by atoms with E-state index in [0.29, 0.717) is 6.42 Å². The van der Waals surface area contributed by atoms with Crippen LogP contribution in [0.2, 0.25) is 5.02 Å². The third kappa shape index (κ3) is 4.08. The normalized spacial score (nSPS) is 11.6. The van der Waals surface area contributed by atoms with Crippen molar-refractivity contribution in [1.29, 1.82) is 0 Å². The van der Waals surface area contributed by atoms with E-state index in [1.165, 1.54) is 6.07 Å². The quantitative estimate of drug-likeness (QED) is 0.885. The van der Waals surface area contributed by atoms with Crippen LogP contribution in [-0.4, -0.2) is 15.7 Å². The second-order valence-corrected chi connectivity index (χ2v) is 5.92. The van der Waals surface area contributed by atoms with Gasteiger partial charge < -0.3 is 5.32 Å². The highest BCUT2D eigenvalue weighted by Gasteiger charge is 2.33. The molecule has 2 aromatic rings. The van der Waals surface area contributed by atoms with Crippen LogP contribution >= 0.6 is 11.6 Å². The largest absolute Gasteiger partial charge is 0.417 e. The van der Waals surface area contributed by atoms with Crippen LogP contribution in [0.3, 0.4) is 0 Å². The zero-order valence-electron chi connectivity index (χ0n) is 13.5. The predicted molar refractivity (Wildman–Crippen MR) is 86.1 cm³/mol. The lowest BCUT2D eigenvalue weighted by Crippen LogP contribution is -2.14. The number of alkyl halides is 3. The molecule has 0 saturated carbocycles. The Bertz CT molecular complexity index is 769. The Hall–Kier alpha value is -2.02. The molecule has 0 unspecified atom stereocenters. The smallest absolute Gasteiger partial charge is 0.326 e. The van der Waals surface area contributed by atoms with Gasteiger partial charge in [-0.3, -0.25) is 9.48 Å². The van der Waals surface area contributed by atoms with Crippen LogP contribution in [0.25, 0.3) is 0 Å². The van der Waals surface area contributed by atoms with Gasteiger partial charge in [-0.1, -0.05) is 11.6 Å². The van der Waals surface area contributed by atoms with Gasteiger partial charge in [0.05, 0.1) is 16.3 Å². The Morgan fingerprint density at radius 2 is 2.00 bits per heavy atom. The average Bonchev–Trinajstić information content (AvgIpc) is 2.71. The molecule has 0 spiro atoms. The third-order valence-electron chi connectivity index (χ3n) is 3.82. The Balaban J connectivity index is 2.05. The zero-order chi connectivity index (χ0) is 18.1. The number of aromatic nitrogens is 2. The lowest BCUT2D eigenvalue weighted by molar-refractivity contribution is -0.137. The SMILES string of the molecule is Cc1nn(C)c(C)c1CCC(=O)Nc1ccc(Cl)c(C(F)(F)F)c1. The minimum Gasteiger partial charge on any atom is -0.326 e. The fourth-order valence-corrected chi connectivity index (χ4v) is 2.69. The van der Waals surface area contributed by atoms with E-state index in [1.807, 2.05) is 20.9 Å². The van der Waals surface area contributed by atoms with Gasteiger partial charge in [0.1, 0.15) is 0 Å². The van der Waals surface area contributed by atoms with E-state index >= 15 is 0 Å². The predicted octanol–water partition coefficient (Wildman–Crippen LogP) is 4.28. The van der Waals surface area contributed by atoms with Gasteiger partial charge in [-0.2, -0.15) is 18.3 Å². The third-order valence-corrected chi connectivity index (χ3v) is 4.15. The Kier molecular flexibility index (Phi) is 5.22. The van der Waals surface area contributed by atoms with Crippen molar-refractivity contribution in [2.45, 2.75) is 32.9 Å². The van der Waals surface area contributed by atoms with Gasteiger partial charge in [-0.15, -0.1) is 0 Å². The van der Waals surface area contributed by atoms with Gasteiger partial charge in [0.15, 0.2) is 0 Å². The minimum atomic E-state index is -4.57. The highest BCUT2D eigenvalue weighted by Crippen LogP contribution is 2.36. The molecule has 0 radical (unpaired) electrons. The van der Waals surface area contributed by atoms with Crippen LogP contribution in [0.15, 0.2) is 18.2 Å². The van der Waals surface area contributed by atoms with Crippen molar-refractivity contribution in [3.8, 4) is 0 Å². The van der Waals surface area contributed by atoms with E-state index in [2.05, 4.69) is 10.4 Å². The Morgan fingerprint density at radius 1 is 1.33 bits per heavy atom. The summed E-state index contributed by atoms with van der Waals surface area (Å²) in [7, 11) is 1.82. The summed E-state index contributed by atoms with van der Waals surface area (Å²) in [5, 5.41) is 6.34. The first-order chi connectivity index (χ1) is 11.1. The number of halogens is 4. The van der Waals surface area contributed by atoms with E-state index in [4.69, 9.17) is 11.6 Å². The summed E-state index contributed by atoms with van der Waals surface area (Å²) >= 11 is 5.55. The van der Waals surface area contributed by atoms with Gasteiger partial charge in [0, 0.05) is 24.8 Å². The molecular formula is C16H17ClF3N3O. The van der Waals surface area contributed by atoms with Crippen molar-refractivity contribution in [1.82, 2.24) is 9.78 Å². The number of rotatable bonds is 4. The van der Waals surface area contributed by atoms with Crippen LogP contribution in [0.5, 0.6) is 0 Å². The van der Waals surface area contributed by atoms with Crippen molar-refractivity contribution in [2.24, 2.45) is 7.05 Å². The van der Waals surface area contributed by atoms with E-state index in [1.54, 1.807) is 4.68 Å². The fraction of sp³-hybridized carbons (Fsp3) is 0.375. The highest BCUT2D eigenvalue weighted by molar-refractivity contribution is 6.31. The van der Waals surface area contributed by atoms with Gasteiger partial charge in [-0.05, 0) is 44.0 Å². The number of carbonyl (C=O) groups is 1. The number of carbonyl (C=O) groups excluding carboxylic acids is 1. The van der Waals surface area contributed by atoms with Crippen molar-refractivity contribution in [3.63, 3.8) is 0 Å². The first kappa shape index (κ1) is 18.3. The molecule has 1 N–H and O–H groups in total. The number of nitrogens with zero attached hydrogens (tertiary/aromatic N) is 2. The molecule has 0 atom stereocenters. The van der Waals surface area contributed by atoms with E-state index in [0.717, 1.165) is 29.1 Å². The molecular weight excluding hydrogens is 343 g/mol. The maximum Gasteiger partial charge on any atom is 0.417 e. The van der Waals surface area contributed by atoms with Crippen LogP contribution in [-0.2, 0) is 24.4 Å². The van der Waals surface area contributed by atoms with E-state index < -0.39 is 16.8 Å². The summed E-state index contributed by atoms with van der Waals surface area (Å²) < 4.78 is 40.2. The summed E-state index contributed by atoms with van der Waals surface area (Å²) in [4.78, 5) is 12.0. The molecule has 1 aromatic carbocycles. The van der Waals surface area contributed by atoms with Gasteiger partial charge in [0.25, 0.3) is 0 Å². The molecule has 1 aromatic heterocycles. The molecule has 2 rings (SSSR count). The molecule has 0 fully saturated rings. The molecule has 0 aliphatic heterocycles. The molecule has 8 heteroatoms. The van der Waals surface area contributed by atoms with Crippen LogP contribution in [0, 0.1) is 13.8 Å². The van der Waals surface area contributed by atoms with Crippen molar-refractivity contribution in [3.05, 3.63) is 45.7 Å². The van der Waals surface area contributed by atoms with Crippen LogP contribution in [0.4, 0.5) is 18.9 Å². The minimum absolute atomic E-state index is 0.0661. The molecule has 24 heavy (non-hydrogen) atoms. The molecule has 0 aliphatic rings. The second-order valence-electron chi connectivity index (χ2n) is 5.51. The maximum absolute atomic E-state index is 12.8. The van der Waals surface area contributed by atoms with Crippen LogP contribution in [0.1, 0.15) is 28.9 Å². The summed E-state index contributed by atoms with van der Waals surface area (Å²) in [5.41, 5.74) is 1.87. The first-order valence-electron chi connectivity index (χ1n) is 7.25. The highest BCUT2D eigenvalue weighted by atomic mass is 35.5. The Labute approximate surface area is 142 Å². The van der Waals surface area contributed by atoms with Crippen molar-refractivity contribution >= 4 is 23.2 Å². The van der Waals surface area contributed by atoms with Crippen LogP contribution < -0.4 is 5.32 Å². The fourth-order valence-electron chi connectivity index (χ4n) is 2.46.